The van der Waals surface area contributed by atoms with Crippen LogP contribution in [0.4, 0.5) is 0 Å². The number of aromatic hydroxyl groups is 1. The number of aliphatic carboxylic acids is 1. The maximum absolute atomic E-state index is 11.7. The molecule has 20 heavy (non-hydrogen) atoms. The second-order valence-electron chi connectivity index (χ2n) is 4.16. The molecule has 0 bridgehead atoms. The molecule has 1 aromatic carbocycles. The Kier molecular flexibility index (Phi) is 4.14. The van der Waals surface area contributed by atoms with Gasteiger partial charge >= 0.3 is 5.63 Å². The molecule has 0 spiro atoms. The third kappa shape index (κ3) is 3.03. The number of carbonyl (C=O) groups excluding carboxylic acids is 1. The predicted molar refractivity (Wildman–Crippen MR) is 70.9 cm³/mol. The summed E-state index contributed by atoms with van der Waals surface area (Å²) in [6.45, 7) is 0.222. The van der Waals surface area contributed by atoms with Crippen LogP contribution in [0.1, 0.15) is 18.4 Å². The van der Waals surface area contributed by atoms with Crippen molar-refractivity contribution >= 4 is 23.2 Å². The number of aliphatic imine (C=N–C) groups is 1. The lowest BCUT2D eigenvalue weighted by atomic mass is 10.1. The van der Waals surface area contributed by atoms with E-state index in [4.69, 9.17) is 4.42 Å². The first-order valence-corrected chi connectivity index (χ1v) is 6.04. The van der Waals surface area contributed by atoms with Crippen molar-refractivity contribution in [2.75, 3.05) is 6.54 Å². The van der Waals surface area contributed by atoms with Gasteiger partial charge in [0, 0.05) is 18.7 Å². The van der Waals surface area contributed by atoms with E-state index < -0.39 is 11.6 Å². The molecule has 2 rings (SSSR count). The number of nitrogens with zero attached hydrogens (tertiary/aromatic N) is 1. The van der Waals surface area contributed by atoms with Crippen molar-refractivity contribution in [3.63, 3.8) is 0 Å². The van der Waals surface area contributed by atoms with Crippen LogP contribution in [0.25, 0.3) is 11.0 Å². The summed E-state index contributed by atoms with van der Waals surface area (Å²) in [4.78, 5) is 25.8. The summed E-state index contributed by atoms with van der Waals surface area (Å²) in [5, 5.41) is 20.7. The minimum atomic E-state index is -1.15. The first-order valence-electron chi connectivity index (χ1n) is 6.04. The molecule has 0 aliphatic carbocycles. The number of benzene rings is 1. The van der Waals surface area contributed by atoms with Crippen LogP contribution in [0.2, 0.25) is 0 Å². The summed E-state index contributed by atoms with van der Waals surface area (Å²) >= 11 is 0. The van der Waals surface area contributed by atoms with Crippen molar-refractivity contribution in [2.45, 2.75) is 12.8 Å². The molecule has 0 aliphatic rings. The van der Waals surface area contributed by atoms with Crippen LogP contribution in [-0.4, -0.2) is 23.8 Å². The van der Waals surface area contributed by atoms with Gasteiger partial charge in [0.1, 0.15) is 16.9 Å². The lowest BCUT2D eigenvalue weighted by Crippen LogP contribution is -2.21. The molecule has 1 aromatic heterocycles. The summed E-state index contributed by atoms with van der Waals surface area (Å²) < 4.78 is 5.06. The zero-order valence-corrected chi connectivity index (χ0v) is 10.5. The molecule has 0 atom stereocenters. The van der Waals surface area contributed by atoms with Gasteiger partial charge < -0.3 is 19.4 Å². The molecule has 2 aromatic rings. The minimum Gasteiger partial charge on any atom is -0.550 e. The first-order chi connectivity index (χ1) is 9.59. The van der Waals surface area contributed by atoms with E-state index in [0.717, 1.165) is 0 Å². The molecule has 104 valence electrons. The highest BCUT2D eigenvalue weighted by atomic mass is 16.4. The van der Waals surface area contributed by atoms with Crippen LogP contribution in [0, 0.1) is 0 Å². The van der Waals surface area contributed by atoms with E-state index in [1.165, 1.54) is 6.21 Å². The van der Waals surface area contributed by atoms with E-state index in [9.17, 15) is 19.8 Å². The molecule has 6 nitrogen and oxygen atoms in total. The molecular weight excluding hydrogens is 262 g/mol. The summed E-state index contributed by atoms with van der Waals surface area (Å²) in [5.74, 6) is -1.34. The van der Waals surface area contributed by atoms with E-state index in [-0.39, 0.29) is 24.3 Å². The average Bonchev–Trinajstić information content (AvgIpc) is 2.41. The molecular formula is C14H12NO5-. The van der Waals surface area contributed by atoms with Crippen LogP contribution in [0.3, 0.4) is 0 Å². The lowest BCUT2D eigenvalue weighted by molar-refractivity contribution is -0.305. The Labute approximate surface area is 114 Å². The van der Waals surface area contributed by atoms with E-state index in [1.54, 1.807) is 24.3 Å². The van der Waals surface area contributed by atoms with Crippen molar-refractivity contribution in [2.24, 2.45) is 4.99 Å². The Balaban J connectivity index is 2.24. The number of rotatable bonds is 5. The molecule has 0 aliphatic heterocycles. The van der Waals surface area contributed by atoms with Crippen molar-refractivity contribution in [1.29, 1.82) is 0 Å². The van der Waals surface area contributed by atoms with Crippen LogP contribution < -0.4 is 10.7 Å². The van der Waals surface area contributed by atoms with Gasteiger partial charge in [0.05, 0.1) is 5.39 Å². The molecule has 0 fully saturated rings. The number of para-hydroxylation sites is 1. The second-order valence-corrected chi connectivity index (χ2v) is 4.16. The number of carbonyl (C=O) groups is 1. The fourth-order valence-electron chi connectivity index (χ4n) is 1.73. The average molecular weight is 274 g/mol. The van der Waals surface area contributed by atoms with E-state index in [1.807, 2.05) is 0 Å². The first kappa shape index (κ1) is 13.8. The van der Waals surface area contributed by atoms with Crippen molar-refractivity contribution in [1.82, 2.24) is 0 Å². The maximum Gasteiger partial charge on any atom is 0.348 e. The van der Waals surface area contributed by atoms with Gasteiger partial charge in [-0.05, 0) is 25.0 Å². The standard InChI is InChI=1S/C14H13NO5/c16-12(17)6-3-7-15-8-10-13(18)9-4-1-2-5-11(9)20-14(10)19/h1-2,4-5,8,18H,3,6-7H2,(H,16,17)/p-1. The largest absolute Gasteiger partial charge is 0.550 e. The van der Waals surface area contributed by atoms with Crippen LogP contribution in [0.15, 0.2) is 38.5 Å². The van der Waals surface area contributed by atoms with Crippen molar-refractivity contribution in [3.05, 3.63) is 40.2 Å². The van der Waals surface area contributed by atoms with Crippen LogP contribution in [0.5, 0.6) is 5.75 Å². The normalized spacial score (nSPS) is 11.2. The van der Waals surface area contributed by atoms with Crippen LogP contribution >= 0.6 is 0 Å². The number of carboxylic acid groups (broad SMARTS) is 1. The van der Waals surface area contributed by atoms with Gasteiger partial charge in [-0.1, -0.05) is 12.1 Å². The van der Waals surface area contributed by atoms with Gasteiger partial charge in [-0.25, -0.2) is 4.79 Å². The van der Waals surface area contributed by atoms with Gasteiger partial charge in [0.2, 0.25) is 0 Å². The zero-order valence-electron chi connectivity index (χ0n) is 10.5. The van der Waals surface area contributed by atoms with E-state index >= 15 is 0 Å². The molecule has 0 saturated heterocycles. The molecule has 1 N–H and O–H groups in total. The highest BCUT2D eigenvalue weighted by Crippen LogP contribution is 2.24. The van der Waals surface area contributed by atoms with E-state index in [2.05, 4.69) is 4.99 Å². The summed E-state index contributed by atoms with van der Waals surface area (Å²) in [6.07, 6.45) is 1.40. The second kappa shape index (κ2) is 6.01. The molecule has 0 unspecified atom stereocenters. The topological polar surface area (TPSA) is 103 Å². The minimum absolute atomic E-state index is 0.0443. The summed E-state index contributed by atoms with van der Waals surface area (Å²) in [6, 6.07) is 6.61. The quantitative estimate of drug-likeness (QED) is 0.484. The van der Waals surface area contributed by atoms with E-state index in [0.29, 0.717) is 17.4 Å². The Bertz CT molecular complexity index is 717. The number of hydrogen-bond donors (Lipinski definition) is 1. The van der Waals surface area contributed by atoms with Crippen LogP contribution in [-0.2, 0) is 4.79 Å². The van der Waals surface area contributed by atoms with Gasteiger partial charge in [-0.3, -0.25) is 4.99 Å². The Morgan fingerprint density at radius 1 is 1.40 bits per heavy atom. The van der Waals surface area contributed by atoms with Gasteiger partial charge in [-0.15, -0.1) is 0 Å². The predicted octanol–water partition coefficient (Wildman–Crippen LogP) is 0.448. The fourth-order valence-corrected chi connectivity index (χ4v) is 1.73. The highest BCUT2D eigenvalue weighted by molar-refractivity contribution is 5.93. The Morgan fingerprint density at radius 3 is 2.90 bits per heavy atom. The molecule has 6 heteroatoms. The third-order valence-electron chi connectivity index (χ3n) is 2.71. The monoisotopic (exact) mass is 274 g/mol. The number of fused-ring (bicyclic) bond motifs is 1. The molecule has 0 saturated carbocycles. The third-order valence-corrected chi connectivity index (χ3v) is 2.71. The van der Waals surface area contributed by atoms with Crippen molar-refractivity contribution in [3.8, 4) is 5.75 Å². The number of carboxylic acids is 1. The lowest BCUT2D eigenvalue weighted by Gasteiger charge is -2.02. The molecule has 0 amide bonds. The smallest absolute Gasteiger partial charge is 0.348 e. The zero-order chi connectivity index (χ0) is 14.5. The molecule has 1 heterocycles. The summed E-state index contributed by atoms with van der Waals surface area (Å²) in [7, 11) is 0. The number of hydrogen-bond acceptors (Lipinski definition) is 6. The Hall–Kier alpha value is -2.63. The highest BCUT2D eigenvalue weighted by Gasteiger charge is 2.11. The van der Waals surface area contributed by atoms with Gasteiger partial charge in [0.15, 0.2) is 0 Å². The van der Waals surface area contributed by atoms with Crippen molar-refractivity contribution < 1.29 is 19.4 Å². The molecule has 0 radical (unpaired) electrons. The van der Waals surface area contributed by atoms with Gasteiger partial charge in [-0.2, -0.15) is 0 Å². The summed E-state index contributed by atoms with van der Waals surface area (Å²) in [5.41, 5.74) is -0.439. The SMILES string of the molecule is O=C([O-])CCCN=Cc1c(O)c2ccccc2oc1=O. The van der Waals surface area contributed by atoms with Gasteiger partial charge in [0.25, 0.3) is 0 Å². The maximum atomic E-state index is 11.7. The fraction of sp³-hybridized carbons (Fsp3) is 0.214. The Morgan fingerprint density at radius 2 is 2.15 bits per heavy atom.